The Morgan fingerprint density at radius 1 is 1.00 bits per heavy atom. The fourth-order valence-electron chi connectivity index (χ4n) is 4.73. The average Bonchev–Trinajstić information content (AvgIpc) is 3.36. The summed E-state index contributed by atoms with van der Waals surface area (Å²) in [6.07, 6.45) is 6.25. The summed E-state index contributed by atoms with van der Waals surface area (Å²) in [5.74, 6) is -0.196. The molecular formula is C29H35N3O4S. The highest BCUT2D eigenvalue weighted by molar-refractivity contribution is 7.20. The fourth-order valence-corrected chi connectivity index (χ4v) is 5.69. The number of ketones is 1. The molecule has 1 unspecified atom stereocenters. The molecule has 0 spiro atoms. The maximum Gasteiger partial charge on any atom is 0.407 e. The number of hydrogen-bond acceptors (Lipinski definition) is 6. The van der Waals surface area contributed by atoms with Crippen molar-refractivity contribution in [2.45, 2.75) is 70.9 Å². The number of rotatable bonds is 11. The first-order valence-electron chi connectivity index (χ1n) is 13.1. The molecule has 2 N–H and O–H groups in total. The minimum atomic E-state index is -0.642. The van der Waals surface area contributed by atoms with Gasteiger partial charge in [-0.05, 0) is 49.8 Å². The summed E-state index contributed by atoms with van der Waals surface area (Å²) in [7, 11) is 0. The molecule has 1 atom stereocenters. The van der Waals surface area contributed by atoms with Crippen LogP contribution < -0.4 is 10.6 Å². The van der Waals surface area contributed by atoms with E-state index < -0.39 is 17.6 Å². The standard InChI is InChI=1S/C29H35N3O4S/c1-29(17-9-3-10-18-29)27(34)32-23(25(33)26-31-22-14-6-7-16-24(22)37-26)15-8-11-19-30-28(35)36-20-21-12-4-2-5-13-21/h2,4-7,12-14,16,23H,3,8-11,15,17-20H2,1H3,(H,30,35)(H,32,34). The van der Waals surface area contributed by atoms with Gasteiger partial charge in [0.15, 0.2) is 5.01 Å². The number of carbonyl (C=O) groups is 3. The van der Waals surface area contributed by atoms with Gasteiger partial charge in [-0.2, -0.15) is 0 Å². The SMILES string of the molecule is CC1(C(=O)NC(CCCCNC(=O)OCc2ccccc2)C(=O)c2nc3ccccc3s2)CCCCC1. The van der Waals surface area contributed by atoms with Crippen molar-refractivity contribution in [1.29, 1.82) is 0 Å². The van der Waals surface area contributed by atoms with Crippen molar-refractivity contribution >= 4 is 39.3 Å². The number of fused-ring (bicyclic) bond motifs is 1. The molecule has 2 amide bonds. The van der Waals surface area contributed by atoms with Crippen LogP contribution in [0.25, 0.3) is 10.2 Å². The van der Waals surface area contributed by atoms with E-state index in [9.17, 15) is 14.4 Å². The van der Waals surface area contributed by atoms with Gasteiger partial charge in [-0.25, -0.2) is 9.78 Å². The summed E-state index contributed by atoms with van der Waals surface area (Å²) in [6.45, 7) is 2.66. The Labute approximate surface area is 222 Å². The van der Waals surface area contributed by atoms with Crippen molar-refractivity contribution in [2.75, 3.05) is 6.54 Å². The Kier molecular flexibility index (Phi) is 9.28. The van der Waals surface area contributed by atoms with Crippen LogP contribution in [0.1, 0.15) is 73.7 Å². The molecule has 0 saturated heterocycles. The van der Waals surface area contributed by atoms with Crippen LogP contribution in [0, 0.1) is 5.41 Å². The molecule has 1 saturated carbocycles. The quantitative estimate of drug-likeness (QED) is 0.237. The normalized spacial score (nSPS) is 15.6. The minimum absolute atomic E-state index is 0.0470. The molecule has 2 aromatic carbocycles. The monoisotopic (exact) mass is 521 g/mol. The van der Waals surface area contributed by atoms with Crippen LogP contribution in [-0.4, -0.2) is 35.4 Å². The molecule has 1 fully saturated rings. The topological polar surface area (TPSA) is 97.4 Å². The van der Waals surface area contributed by atoms with E-state index in [1.807, 2.05) is 61.5 Å². The lowest BCUT2D eigenvalue weighted by Gasteiger charge is -2.33. The summed E-state index contributed by atoms with van der Waals surface area (Å²) in [5, 5.41) is 6.25. The summed E-state index contributed by atoms with van der Waals surface area (Å²) < 4.78 is 6.20. The number of alkyl carbamates (subject to hydrolysis) is 1. The summed E-state index contributed by atoms with van der Waals surface area (Å²) in [4.78, 5) is 43.2. The molecule has 1 aliphatic carbocycles. The summed E-state index contributed by atoms with van der Waals surface area (Å²) in [6, 6.07) is 16.5. The molecule has 0 radical (unpaired) electrons. The molecule has 196 valence electrons. The van der Waals surface area contributed by atoms with E-state index in [4.69, 9.17) is 4.74 Å². The lowest BCUT2D eigenvalue weighted by atomic mass is 9.75. The van der Waals surface area contributed by atoms with E-state index in [1.165, 1.54) is 11.3 Å². The molecule has 7 nitrogen and oxygen atoms in total. The van der Waals surface area contributed by atoms with Crippen molar-refractivity contribution in [3.05, 3.63) is 65.2 Å². The molecule has 1 aliphatic rings. The third-order valence-corrected chi connectivity index (χ3v) is 8.08. The van der Waals surface area contributed by atoms with Gasteiger partial charge in [0.25, 0.3) is 0 Å². The molecule has 0 aliphatic heterocycles. The minimum Gasteiger partial charge on any atom is -0.445 e. The second kappa shape index (κ2) is 12.8. The molecule has 4 rings (SSSR count). The zero-order chi connectivity index (χ0) is 26.1. The third kappa shape index (κ3) is 7.38. The van der Waals surface area contributed by atoms with Gasteiger partial charge in [-0.3, -0.25) is 9.59 Å². The zero-order valence-electron chi connectivity index (χ0n) is 21.3. The number of amides is 2. The Hall–Kier alpha value is -3.26. The molecule has 8 heteroatoms. The Balaban J connectivity index is 1.31. The van der Waals surface area contributed by atoms with E-state index in [2.05, 4.69) is 15.6 Å². The van der Waals surface area contributed by atoms with Gasteiger partial charge in [0.2, 0.25) is 11.7 Å². The van der Waals surface area contributed by atoms with E-state index in [0.717, 1.165) is 47.9 Å². The number of Topliss-reactive ketones (excluding diaryl/α,β-unsaturated/α-hetero) is 1. The van der Waals surface area contributed by atoms with Crippen LogP contribution in [0.5, 0.6) is 0 Å². The molecule has 0 bridgehead atoms. The van der Waals surface area contributed by atoms with Crippen molar-refractivity contribution in [1.82, 2.24) is 15.6 Å². The van der Waals surface area contributed by atoms with Gasteiger partial charge in [-0.15, -0.1) is 11.3 Å². The highest BCUT2D eigenvalue weighted by atomic mass is 32.1. The number of unbranched alkanes of at least 4 members (excludes halogenated alkanes) is 1. The van der Waals surface area contributed by atoms with Gasteiger partial charge >= 0.3 is 6.09 Å². The Morgan fingerprint density at radius 3 is 2.49 bits per heavy atom. The Bertz CT molecular complexity index is 1170. The van der Waals surface area contributed by atoms with Gasteiger partial charge < -0.3 is 15.4 Å². The van der Waals surface area contributed by atoms with Crippen LogP contribution in [-0.2, 0) is 16.1 Å². The number of aromatic nitrogens is 1. The summed E-state index contributed by atoms with van der Waals surface area (Å²) >= 11 is 1.36. The van der Waals surface area contributed by atoms with E-state index >= 15 is 0 Å². The predicted molar refractivity (Wildman–Crippen MR) is 146 cm³/mol. The second-order valence-electron chi connectivity index (χ2n) is 9.98. The second-order valence-corrected chi connectivity index (χ2v) is 11.0. The first-order chi connectivity index (χ1) is 17.9. The molecular weight excluding hydrogens is 486 g/mol. The largest absolute Gasteiger partial charge is 0.445 e. The van der Waals surface area contributed by atoms with Gasteiger partial charge in [0.05, 0.1) is 16.3 Å². The number of hydrogen-bond donors (Lipinski definition) is 2. The lowest BCUT2D eigenvalue weighted by Crippen LogP contribution is -2.48. The predicted octanol–water partition coefficient (Wildman–Crippen LogP) is 6.03. The maximum absolute atomic E-state index is 13.5. The van der Waals surface area contributed by atoms with Gasteiger partial charge in [0.1, 0.15) is 6.61 Å². The average molecular weight is 522 g/mol. The first kappa shape index (κ1) is 26.8. The fraction of sp³-hybridized carbons (Fsp3) is 0.448. The first-order valence-corrected chi connectivity index (χ1v) is 13.9. The van der Waals surface area contributed by atoms with E-state index in [-0.39, 0.29) is 18.3 Å². The van der Waals surface area contributed by atoms with E-state index in [0.29, 0.717) is 30.8 Å². The van der Waals surface area contributed by atoms with E-state index in [1.54, 1.807) is 0 Å². The van der Waals surface area contributed by atoms with Gasteiger partial charge in [0, 0.05) is 12.0 Å². The lowest BCUT2D eigenvalue weighted by molar-refractivity contribution is -0.132. The number of nitrogens with zero attached hydrogens (tertiary/aromatic N) is 1. The molecule has 1 heterocycles. The number of para-hydroxylation sites is 1. The number of nitrogens with one attached hydrogen (secondary N) is 2. The number of carbonyl (C=O) groups excluding carboxylic acids is 3. The van der Waals surface area contributed by atoms with Crippen LogP contribution in [0.15, 0.2) is 54.6 Å². The van der Waals surface area contributed by atoms with Crippen LogP contribution >= 0.6 is 11.3 Å². The Morgan fingerprint density at radius 2 is 1.73 bits per heavy atom. The van der Waals surface area contributed by atoms with Crippen molar-refractivity contribution in [2.24, 2.45) is 5.41 Å². The van der Waals surface area contributed by atoms with Crippen molar-refractivity contribution < 1.29 is 19.1 Å². The van der Waals surface area contributed by atoms with Gasteiger partial charge in [-0.1, -0.05) is 68.7 Å². The van der Waals surface area contributed by atoms with Crippen LogP contribution in [0.4, 0.5) is 4.79 Å². The maximum atomic E-state index is 13.5. The number of thiazole rings is 1. The highest BCUT2D eigenvalue weighted by Crippen LogP contribution is 2.36. The highest BCUT2D eigenvalue weighted by Gasteiger charge is 2.37. The van der Waals surface area contributed by atoms with Crippen LogP contribution in [0.2, 0.25) is 0 Å². The zero-order valence-corrected chi connectivity index (χ0v) is 22.1. The van der Waals surface area contributed by atoms with Crippen molar-refractivity contribution in [3.63, 3.8) is 0 Å². The number of benzene rings is 2. The van der Waals surface area contributed by atoms with Crippen LogP contribution in [0.3, 0.4) is 0 Å². The molecule has 37 heavy (non-hydrogen) atoms. The summed E-state index contributed by atoms with van der Waals surface area (Å²) in [5.41, 5.74) is 1.28. The number of ether oxygens (including phenoxy) is 1. The molecule has 1 aromatic heterocycles. The third-order valence-electron chi connectivity index (χ3n) is 7.03. The smallest absolute Gasteiger partial charge is 0.407 e. The molecule has 3 aromatic rings. The van der Waals surface area contributed by atoms with Crippen molar-refractivity contribution in [3.8, 4) is 0 Å².